The summed E-state index contributed by atoms with van der Waals surface area (Å²) in [5.74, 6) is 0.344. The Labute approximate surface area is 130 Å². The van der Waals surface area contributed by atoms with E-state index >= 15 is 0 Å². The molecular weight excluding hydrogens is 356 g/mol. The quantitative estimate of drug-likeness (QED) is 0.772. The summed E-state index contributed by atoms with van der Waals surface area (Å²) in [6.45, 7) is 1.82. The van der Waals surface area contributed by atoms with Crippen molar-refractivity contribution < 1.29 is 8.42 Å². The van der Waals surface area contributed by atoms with E-state index in [9.17, 15) is 8.42 Å². The van der Waals surface area contributed by atoms with Crippen molar-refractivity contribution in [3.8, 4) is 0 Å². The molecule has 3 aromatic rings. The maximum Gasteiger partial charge on any atom is 0.263 e. The average Bonchev–Trinajstić information content (AvgIpc) is 2.80. The van der Waals surface area contributed by atoms with Crippen LogP contribution in [0.1, 0.15) is 5.69 Å². The fourth-order valence-electron chi connectivity index (χ4n) is 1.90. The van der Waals surface area contributed by atoms with E-state index in [4.69, 9.17) is 0 Å². The van der Waals surface area contributed by atoms with Crippen LogP contribution in [-0.4, -0.2) is 23.0 Å². The third-order valence-electron chi connectivity index (χ3n) is 2.84. The SMILES string of the molecule is Cc1cc2nccc(NS(=O)(=O)c3ccc(Br)cc3)n2n1. The molecule has 2 heterocycles. The first-order chi connectivity index (χ1) is 9.95. The number of sulfonamides is 1. The second-order valence-corrected chi connectivity index (χ2v) is 7.04. The van der Waals surface area contributed by atoms with Crippen molar-refractivity contribution in [3.05, 3.63) is 52.8 Å². The van der Waals surface area contributed by atoms with Gasteiger partial charge in [0.25, 0.3) is 10.0 Å². The first-order valence-electron chi connectivity index (χ1n) is 6.05. The molecular formula is C13H11BrN4O2S. The van der Waals surface area contributed by atoms with Gasteiger partial charge in [-0.25, -0.2) is 13.4 Å². The third kappa shape index (κ3) is 2.77. The molecule has 3 rings (SSSR count). The van der Waals surface area contributed by atoms with Crippen LogP contribution in [0.3, 0.4) is 0 Å². The van der Waals surface area contributed by atoms with Crippen molar-refractivity contribution in [1.29, 1.82) is 0 Å². The standard InChI is InChI=1S/C13H11BrN4O2S/c1-9-8-13-15-7-6-12(18(13)16-9)17-21(19,20)11-4-2-10(14)3-5-11/h2-8,17H,1H3. The fourth-order valence-corrected chi connectivity index (χ4v) is 3.20. The molecule has 0 aliphatic heterocycles. The van der Waals surface area contributed by atoms with E-state index in [-0.39, 0.29) is 4.90 Å². The van der Waals surface area contributed by atoms with Crippen molar-refractivity contribution in [2.24, 2.45) is 0 Å². The second kappa shape index (κ2) is 5.12. The van der Waals surface area contributed by atoms with E-state index in [0.29, 0.717) is 11.5 Å². The van der Waals surface area contributed by atoms with Gasteiger partial charge < -0.3 is 0 Å². The first kappa shape index (κ1) is 14.0. The van der Waals surface area contributed by atoms with Gasteiger partial charge in [-0.05, 0) is 37.3 Å². The molecule has 0 aliphatic carbocycles. The molecule has 108 valence electrons. The molecule has 0 aliphatic rings. The van der Waals surface area contributed by atoms with E-state index in [1.54, 1.807) is 24.3 Å². The number of fused-ring (bicyclic) bond motifs is 1. The second-order valence-electron chi connectivity index (χ2n) is 4.45. The van der Waals surface area contributed by atoms with E-state index < -0.39 is 10.0 Å². The number of aryl methyl sites for hydroxylation is 1. The van der Waals surface area contributed by atoms with Crippen LogP contribution in [0.2, 0.25) is 0 Å². The van der Waals surface area contributed by atoms with Crippen LogP contribution in [0.25, 0.3) is 5.65 Å². The molecule has 0 saturated heterocycles. The Morgan fingerprint density at radius 2 is 1.90 bits per heavy atom. The molecule has 1 N–H and O–H groups in total. The summed E-state index contributed by atoms with van der Waals surface area (Å²) in [5, 5.41) is 4.22. The number of halogens is 1. The predicted molar refractivity (Wildman–Crippen MR) is 82.7 cm³/mol. The predicted octanol–water partition coefficient (Wildman–Crippen LogP) is 2.60. The molecule has 0 fully saturated rings. The average molecular weight is 367 g/mol. The van der Waals surface area contributed by atoms with Gasteiger partial charge in [0.05, 0.1) is 10.6 Å². The lowest BCUT2D eigenvalue weighted by atomic mass is 10.4. The number of nitrogens with zero attached hydrogens (tertiary/aromatic N) is 3. The van der Waals surface area contributed by atoms with Crippen molar-refractivity contribution in [2.75, 3.05) is 4.72 Å². The first-order valence-corrected chi connectivity index (χ1v) is 8.33. The molecule has 2 aromatic heterocycles. The molecule has 0 atom stereocenters. The van der Waals surface area contributed by atoms with Crippen LogP contribution in [-0.2, 0) is 10.0 Å². The van der Waals surface area contributed by atoms with Gasteiger partial charge in [-0.15, -0.1) is 0 Å². The van der Waals surface area contributed by atoms with Crippen LogP contribution >= 0.6 is 15.9 Å². The zero-order chi connectivity index (χ0) is 15.0. The maximum absolute atomic E-state index is 12.4. The summed E-state index contributed by atoms with van der Waals surface area (Å²) >= 11 is 3.28. The highest BCUT2D eigenvalue weighted by Crippen LogP contribution is 2.19. The van der Waals surface area contributed by atoms with Crippen LogP contribution < -0.4 is 4.72 Å². The summed E-state index contributed by atoms with van der Waals surface area (Å²) in [5.41, 5.74) is 1.35. The van der Waals surface area contributed by atoms with Crippen LogP contribution in [0, 0.1) is 6.92 Å². The van der Waals surface area contributed by atoms with Crippen molar-refractivity contribution in [1.82, 2.24) is 14.6 Å². The van der Waals surface area contributed by atoms with E-state index in [0.717, 1.165) is 10.2 Å². The third-order valence-corrected chi connectivity index (χ3v) is 4.74. The van der Waals surface area contributed by atoms with Gasteiger partial charge in [0.15, 0.2) is 5.65 Å². The lowest BCUT2D eigenvalue weighted by Crippen LogP contribution is -2.15. The molecule has 0 saturated carbocycles. The van der Waals surface area contributed by atoms with Crippen molar-refractivity contribution in [3.63, 3.8) is 0 Å². The number of anilines is 1. The Morgan fingerprint density at radius 1 is 1.19 bits per heavy atom. The molecule has 0 spiro atoms. The van der Waals surface area contributed by atoms with E-state index in [1.807, 2.05) is 6.92 Å². The summed E-state index contributed by atoms with van der Waals surface area (Å²) in [6, 6.07) is 9.75. The lowest BCUT2D eigenvalue weighted by molar-refractivity contribution is 0.600. The molecule has 0 amide bonds. The molecule has 6 nitrogen and oxygen atoms in total. The smallest absolute Gasteiger partial charge is 0.263 e. The minimum atomic E-state index is -3.67. The Hall–Kier alpha value is -1.93. The molecule has 8 heteroatoms. The van der Waals surface area contributed by atoms with Crippen molar-refractivity contribution >= 4 is 37.4 Å². The molecule has 0 unspecified atom stereocenters. The van der Waals surface area contributed by atoms with Gasteiger partial charge in [0.2, 0.25) is 0 Å². The number of aromatic nitrogens is 3. The number of rotatable bonds is 3. The summed E-state index contributed by atoms with van der Waals surface area (Å²) < 4.78 is 29.6. The normalized spacial score (nSPS) is 11.7. The van der Waals surface area contributed by atoms with Crippen molar-refractivity contribution in [2.45, 2.75) is 11.8 Å². The zero-order valence-corrected chi connectivity index (χ0v) is 13.4. The number of benzene rings is 1. The van der Waals surface area contributed by atoms with Gasteiger partial charge in [0.1, 0.15) is 5.82 Å². The van der Waals surface area contributed by atoms with Crippen LogP contribution in [0.15, 0.2) is 52.0 Å². The van der Waals surface area contributed by atoms with Gasteiger partial charge in [-0.3, -0.25) is 4.72 Å². The Morgan fingerprint density at radius 3 is 2.62 bits per heavy atom. The van der Waals surface area contributed by atoms with Gasteiger partial charge in [0, 0.05) is 16.7 Å². The summed E-state index contributed by atoms with van der Waals surface area (Å²) in [6.07, 6.45) is 1.54. The maximum atomic E-state index is 12.4. The van der Waals surface area contributed by atoms with Gasteiger partial charge in [-0.1, -0.05) is 15.9 Å². The monoisotopic (exact) mass is 366 g/mol. The minimum Gasteiger partial charge on any atom is -0.263 e. The molecule has 1 aromatic carbocycles. The Bertz CT molecular complexity index is 904. The highest BCUT2D eigenvalue weighted by atomic mass is 79.9. The molecule has 0 bridgehead atoms. The number of hydrogen-bond donors (Lipinski definition) is 1. The van der Waals surface area contributed by atoms with Crippen LogP contribution in [0.4, 0.5) is 5.82 Å². The Kier molecular flexibility index (Phi) is 3.42. The summed E-state index contributed by atoms with van der Waals surface area (Å²) in [7, 11) is -3.67. The number of hydrogen-bond acceptors (Lipinski definition) is 4. The fraction of sp³-hybridized carbons (Fsp3) is 0.0769. The van der Waals surface area contributed by atoms with Gasteiger partial charge >= 0.3 is 0 Å². The zero-order valence-electron chi connectivity index (χ0n) is 11.0. The van der Waals surface area contributed by atoms with Crippen LogP contribution in [0.5, 0.6) is 0 Å². The lowest BCUT2D eigenvalue weighted by Gasteiger charge is -2.09. The minimum absolute atomic E-state index is 0.180. The topological polar surface area (TPSA) is 76.4 Å². The Balaban J connectivity index is 2.03. The molecule has 0 radical (unpaired) electrons. The highest BCUT2D eigenvalue weighted by molar-refractivity contribution is 9.10. The van der Waals surface area contributed by atoms with E-state index in [2.05, 4.69) is 30.7 Å². The highest BCUT2D eigenvalue weighted by Gasteiger charge is 2.16. The van der Waals surface area contributed by atoms with Gasteiger partial charge in [-0.2, -0.15) is 9.61 Å². The largest absolute Gasteiger partial charge is 0.263 e. The summed E-state index contributed by atoms with van der Waals surface area (Å²) in [4.78, 5) is 4.32. The molecule has 21 heavy (non-hydrogen) atoms. The number of nitrogens with one attached hydrogen (secondary N) is 1. The van der Waals surface area contributed by atoms with E-state index in [1.165, 1.54) is 22.8 Å².